The minimum atomic E-state index is 1.32. The van der Waals surface area contributed by atoms with Crippen LogP contribution in [0, 0.1) is 0 Å². The Kier molecular flexibility index (Phi) is 6.45. The molecule has 1 aliphatic rings. The molecule has 0 spiro atoms. The van der Waals surface area contributed by atoms with Crippen LogP contribution < -0.4 is 5.32 Å². The van der Waals surface area contributed by atoms with Crippen LogP contribution in [0.25, 0.3) is 0 Å². The molecular formula is C7H15N. The molecule has 48 valence electrons. The Balaban J connectivity index is 0.000000145. The van der Waals surface area contributed by atoms with Gasteiger partial charge in [0.1, 0.15) is 0 Å². The molecule has 1 nitrogen and oxygen atoms in total. The predicted octanol–water partition coefficient (Wildman–Crippen LogP) is 1.56. The van der Waals surface area contributed by atoms with Crippen LogP contribution in [0.5, 0.6) is 0 Å². The van der Waals surface area contributed by atoms with Crippen molar-refractivity contribution >= 4 is 0 Å². The molecule has 1 heteroatoms. The summed E-state index contributed by atoms with van der Waals surface area (Å²) in [6.07, 6.45) is 8.50. The lowest BCUT2D eigenvalue weighted by Gasteiger charge is -1.69. The molecule has 1 N–H and O–H groups in total. The topological polar surface area (TPSA) is 12.0 Å². The Labute approximate surface area is 51.8 Å². The maximum Gasteiger partial charge on any atom is -0.0167 e. The van der Waals surface area contributed by atoms with Gasteiger partial charge in [0.15, 0.2) is 0 Å². The summed E-state index contributed by atoms with van der Waals surface area (Å²) in [6, 6.07) is 0. The predicted molar refractivity (Wildman–Crippen MR) is 38.0 cm³/mol. The van der Waals surface area contributed by atoms with E-state index in [2.05, 4.69) is 17.5 Å². The number of rotatable bonds is 0. The minimum Gasteiger partial charge on any atom is -0.323 e. The van der Waals surface area contributed by atoms with Crippen molar-refractivity contribution in [2.75, 3.05) is 14.1 Å². The van der Waals surface area contributed by atoms with Gasteiger partial charge >= 0.3 is 0 Å². The van der Waals surface area contributed by atoms with E-state index in [9.17, 15) is 0 Å². The lowest BCUT2D eigenvalue weighted by molar-refractivity contribution is 0.929. The van der Waals surface area contributed by atoms with Crippen molar-refractivity contribution in [3.05, 3.63) is 12.2 Å². The number of nitrogens with one attached hydrogen (secondary N) is 1. The van der Waals surface area contributed by atoms with Crippen molar-refractivity contribution < 1.29 is 0 Å². The third-order valence-corrected chi connectivity index (χ3v) is 0.908. The van der Waals surface area contributed by atoms with E-state index >= 15 is 0 Å². The number of allylic oxidation sites excluding steroid dienone is 2. The van der Waals surface area contributed by atoms with E-state index < -0.39 is 0 Å². The number of hydrogen-bond acceptors (Lipinski definition) is 1. The van der Waals surface area contributed by atoms with E-state index in [1.807, 2.05) is 14.1 Å². The van der Waals surface area contributed by atoms with E-state index in [1.54, 1.807) is 0 Å². The average molecular weight is 113 g/mol. The average Bonchev–Trinajstić information content (AvgIpc) is 2.17. The third kappa shape index (κ3) is 5.70. The second kappa shape index (κ2) is 6.70. The first kappa shape index (κ1) is 7.70. The lowest BCUT2D eigenvalue weighted by atomic mass is 10.4. The molecule has 0 bridgehead atoms. The van der Waals surface area contributed by atoms with Crippen LogP contribution in [0.3, 0.4) is 0 Å². The van der Waals surface area contributed by atoms with E-state index in [-0.39, 0.29) is 0 Å². The maximum absolute atomic E-state index is 2.75. The summed E-state index contributed by atoms with van der Waals surface area (Å²) >= 11 is 0. The molecule has 0 saturated carbocycles. The van der Waals surface area contributed by atoms with Crippen molar-refractivity contribution in [1.82, 2.24) is 5.32 Å². The molecular weight excluding hydrogens is 98.1 g/mol. The zero-order chi connectivity index (χ0) is 6.24. The quantitative estimate of drug-likeness (QED) is 0.470. The molecule has 8 heavy (non-hydrogen) atoms. The van der Waals surface area contributed by atoms with Gasteiger partial charge in [-0.25, -0.2) is 0 Å². The summed E-state index contributed by atoms with van der Waals surface area (Å²) in [6.45, 7) is 0. The van der Waals surface area contributed by atoms with E-state index in [4.69, 9.17) is 0 Å². The van der Waals surface area contributed by atoms with Crippen LogP contribution in [-0.2, 0) is 0 Å². The van der Waals surface area contributed by atoms with Crippen LogP contribution >= 0.6 is 0 Å². The zero-order valence-corrected chi connectivity index (χ0v) is 5.78. The number of hydrogen-bond donors (Lipinski definition) is 1. The Bertz CT molecular complexity index is 51.4. The van der Waals surface area contributed by atoms with Crippen LogP contribution in [0.15, 0.2) is 12.2 Å². The highest BCUT2D eigenvalue weighted by Crippen LogP contribution is 2.05. The standard InChI is InChI=1S/C5H8.C2H7N/c1-2-4-5-3-1;1-3-2/h1-2H,3-5H2;3H,1-2H3. The molecule has 0 saturated heterocycles. The molecule has 1 rings (SSSR count). The van der Waals surface area contributed by atoms with Crippen LogP contribution in [0.1, 0.15) is 19.3 Å². The van der Waals surface area contributed by atoms with Crippen LogP contribution in [-0.4, -0.2) is 14.1 Å². The molecule has 0 aromatic rings. The van der Waals surface area contributed by atoms with Gasteiger partial charge < -0.3 is 5.32 Å². The molecule has 0 radical (unpaired) electrons. The molecule has 0 atom stereocenters. The van der Waals surface area contributed by atoms with Gasteiger partial charge in [-0.15, -0.1) is 0 Å². The Morgan fingerprint density at radius 3 is 1.62 bits per heavy atom. The van der Waals surface area contributed by atoms with E-state index in [0.29, 0.717) is 0 Å². The minimum absolute atomic E-state index is 1.32. The second-order valence-electron chi connectivity index (χ2n) is 1.90. The lowest BCUT2D eigenvalue weighted by Crippen LogP contribution is -1.89. The van der Waals surface area contributed by atoms with E-state index in [0.717, 1.165) is 0 Å². The highest BCUT2D eigenvalue weighted by atomic mass is 14.7. The molecule has 0 fully saturated rings. The highest BCUT2D eigenvalue weighted by Gasteiger charge is 1.84. The first-order valence-electron chi connectivity index (χ1n) is 3.15. The summed E-state index contributed by atoms with van der Waals surface area (Å²) in [5, 5.41) is 2.75. The van der Waals surface area contributed by atoms with Crippen molar-refractivity contribution in [3.8, 4) is 0 Å². The molecule has 0 unspecified atom stereocenters. The molecule has 0 aliphatic heterocycles. The first-order valence-corrected chi connectivity index (χ1v) is 3.15. The van der Waals surface area contributed by atoms with Gasteiger partial charge in [-0.3, -0.25) is 0 Å². The SMILES string of the molecule is C1=CCCC1.CNC. The van der Waals surface area contributed by atoms with Crippen LogP contribution in [0.4, 0.5) is 0 Å². The fourth-order valence-electron chi connectivity index (χ4n) is 0.589. The van der Waals surface area contributed by atoms with Gasteiger partial charge in [-0.05, 0) is 33.4 Å². The van der Waals surface area contributed by atoms with Crippen molar-refractivity contribution in [2.24, 2.45) is 0 Å². The molecule has 0 heterocycles. The third-order valence-electron chi connectivity index (χ3n) is 0.908. The Hall–Kier alpha value is -0.300. The first-order chi connectivity index (χ1) is 3.91. The van der Waals surface area contributed by atoms with Crippen molar-refractivity contribution in [3.63, 3.8) is 0 Å². The van der Waals surface area contributed by atoms with Gasteiger partial charge in [0.25, 0.3) is 0 Å². The van der Waals surface area contributed by atoms with Crippen molar-refractivity contribution in [2.45, 2.75) is 19.3 Å². The monoisotopic (exact) mass is 113 g/mol. The summed E-state index contributed by atoms with van der Waals surface area (Å²) < 4.78 is 0. The van der Waals surface area contributed by atoms with Crippen LogP contribution in [0.2, 0.25) is 0 Å². The van der Waals surface area contributed by atoms with E-state index in [1.165, 1.54) is 19.3 Å². The summed E-state index contributed by atoms with van der Waals surface area (Å²) in [4.78, 5) is 0. The molecule has 1 aliphatic carbocycles. The van der Waals surface area contributed by atoms with Gasteiger partial charge in [0, 0.05) is 0 Å². The summed E-state index contributed by atoms with van der Waals surface area (Å²) in [5.74, 6) is 0. The Morgan fingerprint density at radius 1 is 1.12 bits per heavy atom. The van der Waals surface area contributed by atoms with Crippen molar-refractivity contribution in [1.29, 1.82) is 0 Å². The van der Waals surface area contributed by atoms with Gasteiger partial charge in [0.05, 0.1) is 0 Å². The zero-order valence-electron chi connectivity index (χ0n) is 5.78. The largest absolute Gasteiger partial charge is 0.323 e. The fraction of sp³-hybridized carbons (Fsp3) is 0.714. The smallest absolute Gasteiger partial charge is 0.0167 e. The molecule has 0 amide bonds. The Morgan fingerprint density at radius 2 is 1.50 bits per heavy atom. The normalized spacial score (nSPS) is 15.2. The highest BCUT2D eigenvalue weighted by molar-refractivity contribution is 4.88. The molecule has 0 aromatic carbocycles. The maximum atomic E-state index is 2.75. The fourth-order valence-corrected chi connectivity index (χ4v) is 0.589. The molecule has 0 aromatic heterocycles. The summed E-state index contributed by atoms with van der Waals surface area (Å²) in [7, 11) is 3.75. The van der Waals surface area contributed by atoms with Gasteiger partial charge in [-0.1, -0.05) is 12.2 Å². The van der Waals surface area contributed by atoms with Gasteiger partial charge in [-0.2, -0.15) is 0 Å². The van der Waals surface area contributed by atoms with Gasteiger partial charge in [0.2, 0.25) is 0 Å². The second-order valence-corrected chi connectivity index (χ2v) is 1.90. The summed E-state index contributed by atoms with van der Waals surface area (Å²) in [5.41, 5.74) is 0.